The molecule has 0 aliphatic heterocycles. The number of rotatable bonds is 0. The van der Waals surface area contributed by atoms with Gasteiger partial charge in [-0.05, 0) is 39.9 Å². The molecule has 0 unspecified atom stereocenters. The Morgan fingerprint density at radius 1 is 1.06 bits per heavy atom. The second-order valence-corrected chi connectivity index (χ2v) is 5.21. The molecule has 0 radical (unpaired) electrons. The van der Waals surface area contributed by atoms with E-state index in [-0.39, 0.29) is 11.2 Å². The monoisotopic (exact) mass is 227 g/mol. The van der Waals surface area contributed by atoms with E-state index in [2.05, 4.69) is 26.8 Å². The lowest BCUT2D eigenvalue weighted by Crippen LogP contribution is -2.12. The molecule has 0 N–H and O–H groups in total. The summed E-state index contributed by atoms with van der Waals surface area (Å²) >= 11 is 0. The molecular formula is C15H14FN. The fraction of sp³-hybridized carbons (Fsp3) is 0.267. The van der Waals surface area contributed by atoms with Crippen molar-refractivity contribution in [3.05, 3.63) is 47.3 Å². The molecule has 0 fully saturated rings. The molecule has 0 bridgehead atoms. The van der Waals surface area contributed by atoms with Crippen LogP contribution in [0.3, 0.4) is 0 Å². The van der Waals surface area contributed by atoms with Gasteiger partial charge in [0.25, 0.3) is 0 Å². The van der Waals surface area contributed by atoms with E-state index in [9.17, 15) is 4.39 Å². The zero-order chi connectivity index (χ0) is 12.6. The highest BCUT2D eigenvalue weighted by Gasteiger charge is 2.18. The number of nitrogens with zero attached hydrogens (tertiary/aromatic N) is 1. The van der Waals surface area contributed by atoms with Crippen LogP contribution in [0.25, 0.3) is 10.8 Å². The summed E-state index contributed by atoms with van der Waals surface area (Å²) in [6, 6.07) is 10.5. The SMILES string of the molecule is CC(C)(C)c1ccc(C#N)c2ccc(F)cc12. The molecule has 0 aliphatic carbocycles. The Balaban J connectivity index is 2.90. The molecule has 2 aromatic carbocycles. The molecule has 86 valence electrons. The second kappa shape index (κ2) is 3.85. The van der Waals surface area contributed by atoms with E-state index in [1.165, 1.54) is 12.1 Å². The van der Waals surface area contributed by atoms with Gasteiger partial charge in [-0.2, -0.15) is 5.26 Å². The molecule has 0 spiro atoms. The summed E-state index contributed by atoms with van der Waals surface area (Å²) in [5, 5.41) is 10.7. The van der Waals surface area contributed by atoms with Gasteiger partial charge in [0.05, 0.1) is 11.6 Å². The fourth-order valence-corrected chi connectivity index (χ4v) is 2.07. The summed E-state index contributed by atoms with van der Waals surface area (Å²) in [5.41, 5.74) is 1.58. The van der Waals surface area contributed by atoms with Crippen molar-refractivity contribution >= 4 is 10.8 Å². The van der Waals surface area contributed by atoms with E-state index in [0.29, 0.717) is 5.56 Å². The number of benzene rings is 2. The first-order valence-corrected chi connectivity index (χ1v) is 5.56. The number of fused-ring (bicyclic) bond motifs is 1. The van der Waals surface area contributed by atoms with Gasteiger partial charge in [-0.25, -0.2) is 4.39 Å². The van der Waals surface area contributed by atoms with Gasteiger partial charge < -0.3 is 0 Å². The maximum Gasteiger partial charge on any atom is 0.123 e. The molecule has 0 aliphatic rings. The first-order chi connectivity index (χ1) is 7.93. The van der Waals surface area contributed by atoms with Gasteiger partial charge in [0, 0.05) is 0 Å². The zero-order valence-corrected chi connectivity index (χ0v) is 10.2. The van der Waals surface area contributed by atoms with Crippen molar-refractivity contribution in [3.8, 4) is 6.07 Å². The minimum atomic E-state index is -0.266. The van der Waals surface area contributed by atoms with Gasteiger partial charge in [-0.15, -0.1) is 0 Å². The molecule has 2 aromatic rings. The Morgan fingerprint density at radius 2 is 1.76 bits per heavy atom. The van der Waals surface area contributed by atoms with Crippen LogP contribution in [0.5, 0.6) is 0 Å². The van der Waals surface area contributed by atoms with Crippen molar-refractivity contribution in [1.82, 2.24) is 0 Å². The minimum absolute atomic E-state index is 0.0694. The maximum atomic E-state index is 13.4. The maximum absolute atomic E-state index is 13.4. The highest BCUT2D eigenvalue weighted by Crippen LogP contribution is 2.32. The van der Waals surface area contributed by atoms with E-state index in [1.807, 2.05) is 6.07 Å². The predicted molar refractivity (Wildman–Crippen MR) is 67.3 cm³/mol. The van der Waals surface area contributed by atoms with Crippen LogP contribution in [0.15, 0.2) is 30.3 Å². The molecule has 0 saturated heterocycles. The van der Waals surface area contributed by atoms with E-state index in [0.717, 1.165) is 16.3 Å². The quantitative estimate of drug-likeness (QED) is 0.663. The predicted octanol–water partition coefficient (Wildman–Crippen LogP) is 4.15. The molecule has 1 nitrogen and oxygen atoms in total. The first-order valence-electron chi connectivity index (χ1n) is 5.56. The van der Waals surface area contributed by atoms with Gasteiger partial charge in [0.15, 0.2) is 0 Å². The number of hydrogen-bond acceptors (Lipinski definition) is 1. The first kappa shape index (κ1) is 11.6. The third-order valence-corrected chi connectivity index (χ3v) is 2.91. The van der Waals surface area contributed by atoms with Crippen molar-refractivity contribution in [2.45, 2.75) is 26.2 Å². The molecular weight excluding hydrogens is 213 g/mol. The second-order valence-electron chi connectivity index (χ2n) is 5.21. The zero-order valence-electron chi connectivity index (χ0n) is 10.2. The summed E-state index contributed by atoms with van der Waals surface area (Å²) in [7, 11) is 0. The third-order valence-electron chi connectivity index (χ3n) is 2.91. The van der Waals surface area contributed by atoms with Crippen molar-refractivity contribution in [1.29, 1.82) is 5.26 Å². The summed E-state index contributed by atoms with van der Waals surface area (Å²) in [6.07, 6.45) is 0. The van der Waals surface area contributed by atoms with Crippen molar-refractivity contribution in [2.24, 2.45) is 0 Å². The summed E-state index contributed by atoms with van der Waals surface area (Å²) < 4.78 is 13.4. The minimum Gasteiger partial charge on any atom is -0.207 e. The van der Waals surface area contributed by atoms with Crippen LogP contribution in [-0.4, -0.2) is 0 Å². The third kappa shape index (κ3) is 2.01. The van der Waals surface area contributed by atoms with Gasteiger partial charge in [0.2, 0.25) is 0 Å². The molecule has 0 heterocycles. The van der Waals surface area contributed by atoms with E-state index < -0.39 is 0 Å². The van der Waals surface area contributed by atoms with E-state index in [4.69, 9.17) is 5.26 Å². The topological polar surface area (TPSA) is 23.8 Å². The highest BCUT2D eigenvalue weighted by atomic mass is 19.1. The van der Waals surface area contributed by atoms with Gasteiger partial charge in [0.1, 0.15) is 5.82 Å². The van der Waals surface area contributed by atoms with Crippen LogP contribution in [0.1, 0.15) is 31.9 Å². The highest BCUT2D eigenvalue weighted by molar-refractivity contribution is 5.91. The van der Waals surface area contributed by atoms with Crippen LogP contribution >= 0.6 is 0 Å². The Morgan fingerprint density at radius 3 is 2.35 bits per heavy atom. The lowest BCUT2D eigenvalue weighted by Gasteiger charge is -2.21. The largest absolute Gasteiger partial charge is 0.207 e. The van der Waals surface area contributed by atoms with Crippen LogP contribution in [-0.2, 0) is 5.41 Å². The van der Waals surface area contributed by atoms with Gasteiger partial charge >= 0.3 is 0 Å². The van der Waals surface area contributed by atoms with E-state index >= 15 is 0 Å². The Hall–Kier alpha value is -1.88. The molecule has 2 heteroatoms. The van der Waals surface area contributed by atoms with Crippen molar-refractivity contribution < 1.29 is 4.39 Å². The lowest BCUT2D eigenvalue weighted by atomic mass is 9.83. The number of halogens is 1. The number of nitriles is 1. The molecule has 2 rings (SSSR count). The Kier molecular flexibility index (Phi) is 2.63. The van der Waals surface area contributed by atoms with Crippen LogP contribution < -0.4 is 0 Å². The average Bonchev–Trinajstić information content (AvgIpc) is 2.25. The summed E-state index contributed by atoms with van der Waals surface area (Å²) in [4.78, 5) is 0. The van der Waals surface area contributed by atoms with Crippen molar-refractivity contribution in [3.63, 3.8) is 0 Å². The smallest absolute Gasteiger partial charge is 0.123 e. The summed E-state index contributed by atoms with van der Waals surface area (Å²) in [5.74, 6) is -0.266. The molecule has 0 aromatic heterocycles. The van der Waals surface area contributed by atoms with E-state index in [1.54, 1.807) is 12.1 Å². The molecule has 0 amide bonds. The lowest BCUT2D eigenvalue weighted by molar-refractivity contribution is 0.594. The summed E-state index contributed by atoms with van der Waals surface area (Å²) in [6.45, 7) is 6.25. The molecule has 0 saturated carbocycles. The van der Waals surface area contributed by atoms with Crippen LogP contribution in [0.4, 0.5) is 4.39 Å². The normalized spacial score (nSPS) is 11.5. The average molecular weight is 227 g/mol. The van der Waals surface area contributed by atoms with Gasteiger partial charge in [-0.1, -0.05) is 32.9 Å². The van der Waals surface area contributed by atoms with Crippen molar-refractivity contribution in [2.75, 3.05) is 0 Å². The Labute approximate surface area is 100 Å². The van der Waals surface area contributed by atoms with Crippen LogP contribution in [0, 0.1) is 17.1 Å². The standard InChI is InChI=1S/C15H14FN/c1-15(2,3)14-7-4-10(9-17)12-6-5-11(16)8-13(12)14/h4-8H,1-3H3. The molecule has 0 atom stereocenters. The number of hydrogen-bond donors (Lipinski definition) is 0. The van der Waals surface area contributed by atoms with Gasteiger partial charge in [-0.3, -0.25) is 0 Å². The molecule has 17 heavy (non-hydrogen) atoms. The van der Waals surface area contributed by atoms with Crippen LogP contribution in [0.2, 0.25) is 0 Å². The fourth-order valence-electron chi connectivity index (χ4n) is 2.07. The Bertz CT molecular complexity index is 615.